The fourth-order valence-corrected chi connectivity index (χ4v) is 6.98. The van der Waals surface area contributed by atoms with Gasteiger partial charge in [0.2, 0.25) is 5.95 Å². The van der Waals surface area contributed by atoms with Crippen LogP contribution in [0.25, 0.3) is 71.9 Å². The minimum Gasteiger partial charge on any atom is -0.278 e. The molecule has 1 aliphatic rings. The molecule has 1 aliphatic carbocycles. The molecule has 5 aromatic carbocycles. The van der Waals surface area contributed by atoms with Crippen LogP contribution in [0, 0.1) is 0 Å². The zero-order valence-corrected chi connectivity index (χ0v) is 23.3. The van der Waals surface area contributed by atoms with Crippen molar-refractivity contribution >= 4 is 43.6 Å². The number of rotatable bonds is 2. The van der Waals surface area contributed by atoms with Crippen LogP contribution in [0.2, 0.25) is 0 Å². The minimum atomic E-state index is -0.102. The quantitative estimate of drug-likeness (QED) is 0.220. The summed E-state index contributed by atoms with van der Waals surface area (Å²) in [5.41, 5.74) is 10.9. The zero-order chi connectivity index (χ0) is 28.0. The zero-order valence-electron chi connectivity index (χ0n) is 23.3. The highest BCUT2D eigenvalue weighted by atomic mass is 15.2. The van der Waals surface area contributed by atoms with E-state index in [9.17, 15) is 0 Å². The van der Waals surface area contributed by atoms with E-state index in [-0.39, 0.29) is 5.41 Å². The van der Waals surface area contributed by atoms with E-state index in [1.807, 2.05) is 18.3 Å². The highest BCUT2D eigenvalue weighted by Gasteiger charge is 2.35. The predicted octanol–water partition coefficient (Wildman–Crippen LogP) is 9.25. The molecule has 9 rings (SSSR count). The van der Waals surface area contributed by atoms with Crippen LogP contribution in [0.15, 0.2) is 121 Å². The lowest BCUT2D eigenvalue weighted by molar-refractivity contribution is 0.660. The van der Waals surface area contributed by atoms with Crippen LogP contribution in [0.3, 0.4) is 0 Å². The molecule has 42 heavy (non-hydrogen) atoms. The number of hydrogen-bond acceptors (Lipinski definition) is 3. The topological polar surface area (TPSA) is 43.6 Å². The SMILES string of the molecule is CC1(C)c2ccccc2-c2ccc(-c3nc(-n4c5ccccc5c5cc6ccccc6cc54)nc4cccnc34)cc21. The van der Waals surface area contributed by atoms with E-state index in [2.05, 4.69) is 122 Å². The number of aromatic nitrogens is 4. The van der Waals surface area contributed by atoms with E-state index in [1.54, 1.807) is 0 Å². The average Bonchev–Trinajstić information content (AvgIpc) is 3.47. The lowest BCUT2D eigenvalue weighted by Gasteiger charge is -2.22. The molecule has 4 nitrogen and oxygen atoms in total. The van der Waals surface area contributed by atoms with Gasteiger partial charge in [-0.1, -0.05) is 92.7 Å². The van der Waals surface area contributed by atoms with Crippen LogP contribution in [0.5, 0.6) is 0 Å². The molecular weight excluding hydrogens is 512 g/mol. The third-order valence-corrected chi connectivity index (χ3v) is 9.04. The summed E-state index contributed by atoms with van der Waals surface area (Å²) in [6, 6.07) is 41.1. The maximum absolute atomic E-state index is 5.31. The molecule has 0 atom stereocenters. The normalized spacial score (nSPS) is 13.7. The van der Waals surface area contributed by atoms with Gasteiger partial charge >= 0.3 is 0 Å². The molecule has 8 aromatic rings. The summed E-state index contributed by atoms with van der Waals surface area (Å²) < 4.78 is 2.21. The van der Waals surface area contributed by atoms with Gasteiger partial charge in [0.1, 0.15) is 11.2 Å². The smallest absolute Gasteiger partial charge is 0.235 e. The van der Waals surface area contributed by atoms with E-state index in [0.717, 1.165) is 33.3 Å². The van der Waals surface area contributed by atoms with Crippen LogP contribution in [0.4, 0.5) is 0 Å². The summed E-state index contributed by atoms with van der Waals surface area (Å²) in [6.45, 7) is 4.62. The molecule has 0 aliphatic heterocycles. The lowest BCUT2D eigenvalue weighted by Crippen LogP contribution is -2.15. The Morgan fingerprint density at radius 1 is 0.595 bits per heavy atom. The molecule has 3 aromatic heterocycles. The van der Waals surface area contributed by atoms with Gasteiger partial charge in [-0.3, -0.25) is 9.55 Å². The van der Waals surface area contributed by atoms with Gasteiger partial charge in [-0.15, -0.1) is 0 Å². The Balaban J connectivity index is 1.34. The third kappa shape index (κ3) is 3.15. The lowest BCUT2D eigenvalue weighted by atomic mass is 9.82. The molecule has 0 unspecified atom stereocenters. The standard InChI is InChI=1S/C38H26N4/c1-38(2)30-14-7-5-12-26(30)27-18-17-25(21-31(27)38)35-36-32(15-9-19-39-36)40-37(41-35)42-33-16-8-6-13-28(33)29-20-23-10-3-4-11-24(23)22-34(29)42/h3-22H,1-2H3. The molecule has 0 saturated heterocycles. The number of pyridine rings is 1. The van der Waals surface area contributed by atoms with Gasteiger partial charge in [0.05, 0.1) is 16.6 Å². The number of benzene rings is 5. The highest BCUT2D eigenvalue weighted by molar-refractivity contribution is 6.13. The summed E-state index contributed by atoms with van der Waals surface area (Å²) in [4.78, 5) is 15.2. The molecule has 0 spiro atoms. The van der Waals surface area contributed by atoms with Crippen molar-refractivity contribution in [1.82, 2.24) is 19.5 Å². The first kappa shape index (κ1) is 23.4. The van der Waals surface area contributed by atoms with Crippen LogP contribution in [-0.2, 0) is 5.41 Å². The Bertz CT molecular complexity index is 2400. The molecule has 0 bridgehead atoms. The Kier molecular flexibility index (Phi) is 4.64. The maximum atomic E-state index is 5.31. The molecule has 4 heteroatoms. The second-order valence-electron chi connectivity index (χ2n) is 11.7. The van der Waals surface area contributed by atoms with Crippen molar-refractivity contribution in [3.8, 4) is 28.3 Å². The van der Waals surface area contributed by atoms with Gasteiger partial charge in [0.25, 0.3) is 0 Å². The van der Waals surface area contributed by atoms with Crippen LogP contribution < -0.4 is 0 Å². The van der Waals surface area contributed by atoms with Gasteiger partial charge in [-0.2, -0.15) is 0 Å². The van der Waals surface area contributed by atoms with Crippen molar-refractivity contribution in [3.63, 3.8) is 0 Å². The molecule has 0 saturated carbocycles. The molecule has 198 valence electrons. The van der Waals surface area contributed by atoms with E-state index in [0.29, 0.717) is 5.95 Å². The molecule has 0 amide bonds. The fraction of sp³-hybridized carbons (Fsp3) is 0.0789. The van der Waals surface area contributed by atoms with Crippen molar-refractivity contribution in [3.05, 3.63) is 133 Å². The van der Waals surface area contributed by atoms with Gasteiger partial charge in [-0.25, -0.2) is 9.97 Å². The van der Waals surface area contributed by atoms with E-state index in [4.69, 9.17) is 15.0 Å². The maximum Gasteiger partial charge on any atom is 0.235 e. The number of fused-ring (bicyclic) bond motifs is 8. The van der Waals surface area contributed by atoms with Crippen molar-refractivity contribution in [2.24, 2.45) is 0 Å². The summed E-state index contributed by atoms with van der Waals surface area (Å²) in [7, 11) is 0. The minimum absolute atomic E-state index is 0.102. The predicted molar refractivity (Wildman–Crippen MR) is 172 cm³/mol. The Labute approximate surface area is 242 Å². The van der Waals surface area contributed by atoms with Crippen molar-refractivity contribution in [2.75, 3.05) is 0 Å². The van der Waals surface area contributed by atoms with Gasteiger partial charge in [0.15, 0.2) is 0 Å². The van der Waals surface area contributed by atoms with Crippen molar-refractivity contribution < 1.29 is 0 Å². The van der Waals surface area contributed by atoms with Crippen LogP contribution in [0.1, 0.15) is 25.0 Å². The average molecular weight is 539 g/mol. The second kappa shape index (κ2) is 8.34. The van der Waals surface area contributed by atoms with Gasteiger partial charge < -0.3 is 0 Å². The van der Waals surface area contributed by atoms with Crippen LogP contribution >= 0.6 is 0 Å². The number of hydrogen-bond donors (Lipinski definition) is 0. The van der Waals surface area contributed by atoms with Gasteiger partial charge in [-0.05, 0) is 69.4 Å². The largest absolute Gasteiger partial charge is 0.278 e. The van der Waals surface area contributed by atoms with Crippen LogP contribution in [-0.4, -0.2) is 19.5 Å². The third-order valence-electron chi connectivity index (χ3n) is 9.04. The summed E-state index contributed by atoms with van der Waals surface area (Å²) >= 11 is 0. The molecular formula is C38H26N4. The Morgan fingerprint density at radius 2 is 1.36 bits per heavy atom. The summed E-state index contributed by atoms with van der Waals surface area (Å²) in [6.07, 6.45) is 1.83. The Morgan fingerprint density at radius 3 is 2.26 bits per heavy atom. The van der Waals surface area contributed by atoms with E-state index in [1.165, 1.54) is 43.8 Å². The Hall–Kier alpha value is -5.35. The molecule has 0 N–H and O–H groups in total. The van der Waals surface area contributed by atoms with E-state index >= 15 is 0 Å². The van der Waals surface area contributed by atoms with E-state index < -0.39 is 0 Å². The summed E-state index contributed by atoms with van der Waals surface area (Å²) in [5, 5.41) is 4.79. The first-order valence-corrected chi connectivity index (χ1v) is 14.4. The molecule has 0 radical (unpaired) electrons. The second-order valence-corrected chi connectivity index (χ2v) is 11.7. The highest BCUT2D eigenvalue weighted by Crippen LogP contribution is 2.49. The fourth-order valence-electron chi connectivity index (χ4n) is 6.98. The van der Waals surface area contributed by atoms with Crippen molar-refractivity contribution in [1.29, 1.82) is 0 Å². The first-order chi connectivity index (χ1) is 20.6. The van der Waals surface area contributed by atoms with Gasteiger partial charge in [0, 0.05) is 27.9 Å². The van der Waals surface area contributed by atoms with Crippen molar-refractivity contribution in [2.45, 2.75) is 19.3 Å². The first-order valence-electron chi connectivity index (χ1n) is 14.4. The molecule has 0 fully saturated rings. The molecule has 3 heterocycles. The summed E-state index contributed by atoms with van der Waals surface area (Å²) in [5.74, 6) is 0.648. The number of nitrogens with zero attached hydrogens (tertiary/aromatic N) is 4. The number of para-hydroxylation sites is 1. The monoisotopic (exact) mass is 538 g/mol.